The van der Waals surface area contributed by atoms with Crippen LogP contribution in [0.4, 0.5) is 0 Å². The molecule has 3 atom stereocenters. The van der Waals surface area contributed by atoms with E-state index in [1.165, 1.54) is 0 Å². The summed E-state index contributed by atoms with van der Waals surface area (Å²) in [5.41, 5.74) is 6.25. The standard InChI is InChI=1S/C18H23N7O3S/c1-18(2)14(15-21-23-24-22-15)25-16(27)13(17(25)29-18)20-12(26)9-10-5-3-4-6-11(10)28-8-7-19/h3-6,13-14,17H,7-9,19H2,1-2H3,(H,20,26)(H,21,22,23,24). The Morgan fingerprint density at radius 1 is 1.41 bits per heavy atom. The van der Waals surface area contributed by atoms with E-state index in [2.05, 4.69) is 25.9 Å². The number of ether oxygens (including phenoxy) is 1. The van der Waals surface area contributed by atoms with Gasteiger partial charge in [0, 0.05) is 16.9 Å². The Bertz CT molecular complexity index is 905. The van der Waals surface area contributed by atoms with Crippen molar-refractivity contribution in [1.82, 2.24) is 30.8 Å². The van der Waals surface area contributed by atoms with E-state index in [9.17, 15) is 9.59 Å². The van der Waals surface area contributed by atoms with Crippen molar-refractivity contribution in [3.8, 4) is 5.75 Å². The van der Waals surface area contributed by atoms with Gasteiger partial charge in [0.2, 0.25) is 11.8 Å². The maximum atomic E-state index is 12.8. The average molecular weight is 417 g/mol. The highest BCUT2D eigenvalue weighted by Crippen LogP contribution is 2.56. The fraction of sp³-hybridized carbons (Fsp3) is 0.500. The fourth-order valence-corrected chi connectivity index (χ4v) is 5.47. The number of hydrogen-bond acceptors (Lipinski definition) is 8. The molecule has 1 aromatic carbocycles. The molecule has 0 aliphatic carbocycles. The molecule has 29 heavy (non-hydrogen) atoms. The normalized spacial score (nSPS) is 24.7. The highest BCUT2D eigenvalue weighted by atomic mass is 32.2. The molecule has 0 saturated carbocycles. The molecule has 2 aliphatic rings. The van der Waals surface area contributed by atoms with Crippen molar-refractivity contribution in [3.05, 3.63) is 35.7 Å². The number of thioether (sulfide) groups is 1. The van der Waals surface area contributed by atoms with Gasteiger partial charge >= 0.3 is 0 Å². The summed E-state index contributed by atoms with van der Waals surface area (Å²) in [7, 11) is 0. The molecule has 11 heteroatoms. The number of amides is 2. The Kier molecular flexibility index (Phi) is 5.17. The molecule has 2 aliphatic heterocycles. The van der Waals surface area contributed by atoms with Crippen LogP contribution in [0.1, 0.15) is 31.3 Å². The van der Waals surface area contributed by atoms with E-state index in [0.717, 1.165) is 5.56 Å². The minimum Gasteiger partial charge on any atom is -0.492 e. The molecule has 154 valence electrons. The number of hydrogen-bond donors (Lipinski definition) is 3. The molecule has 3 heterocycles. The summed E-state index contributed by atoms with van der Waals surface area (Å²) in [5, 5.41) is 16.7. The van der Waals surface area contributed by atoms with Crippen LogP contribution in [0.3, 0.4) is 0 Å². The Morgan fingerprint density at radius 2 is 2.21 bits per heavy atom. The summed E-state index contributed by atoms with van der Waals surface area (Å²) in [5.74, 6) is 0.823. The molecule has 10 nitrogen and oxygen atoms in total. The number of nitrogens with two attached hydrogens (primary N) is 1. The smallest absolute Gasteiger partial charge is 0.249 e. The molecule has 0 spiro atoms. The number of H-pyrrole nitrogens is 1. The van der Waals surface area contributed by atoms with E-state index in [1.807, 2.05) is 32.0 Å². The van der Waals surface area contributed by atoms with Crippen molar-refractivity contribution in [2.45, 2.75) is 42.5 Å². The van der Waals surface area contributed by atoms with Gasteiger partial charge in [0.25, 0.3) is 0 Å². The molecule has 4 N–H and O–H groups in total. The SMILES string of the molecule is CC1(C)SC2C(NC(=O)Cc3ccccc3OCCN)C(=O)N2C1c1nnn[nH]1. The first-order valence-corrected chi connectivity index (χ1v) is 10.2. The third kappa shape index (κ3) is 3.55. The summed E-state index contributed by atoms with van der Waals surface area (Å²) in [6.45, 7) is 4.85. The van der Waals surface area contributed by atoms with Gasteiger partial charge < -0.3 is 20.7 Å². The maximum absolute atomic E-state index is 12.8. The molecular formula is C18H23N7O3S. The van der Waals surface area contributed by atoms with Crippen LogP contribution in [0.15, 0.2) is 24.3 Å². The Balaban J connectivity index is 1.43. The Morgan fingerprint density at radius 3 is 2.93 bits per heavy atom. The number of para-hydroxylation sites is 1. The van der Waals surface area contributed by atoms with Gasteiger partial charge in [-0.2, -0.15) is 0 Å². The molecule has 2 aromatic rings. The average Bonchev–Trinajstić information content (AvgIpc) is 3.29. The van der Waals surface area contributed by atoms with Gasteiger partial charge in [-0.05, 0) is 30.3 Å². The van der Waals surface area contributed by atoms with E-state index in [1.54, 1.807) is 22.7 Å². The number of nitrogens with zero attached hydrogens (tertiary/aromatic N) is 4. The van der Waals surface area contributed by atoms with Crippen molar-refractivity contribution in [2.24, 2.45) is 5.73 Å². The highest BCUT2D eigenvalue weighted by molar-refractivity contribution is 8.01. The van der Waals surface area contributed by atoms with Crippen molar-refractivity contribution < 1.29 is 14.3 Å². The van der Waals surface area contributed by atoms with Crippen LogP contribution in [0, 0.1) is 0 Å². The maximum Gasteiger partial charge on any atom is 0.249 e. The van der Waals surface area contributed by atoms with Gasteiger partial charge in [-0.1, -0.05) is 18.2 Å². The first-order chi connectivity index (χ1) is 13.9. The van der Waals surface area contributed by atoms with Gasteiger partial charge in [-0.3, -0.25) is 9.59 Å². The summed E-state index contributed by atoms with van der Waals surface area (Å²) in [4.78, 5) is 27.2. The second-order valence-electron chi connectivity index (χ2n) is 7.51. The molecular weight excluding hydrogens is 394 g/mol. The Labute approximate surface area is 171 Å². The van der Waals surface area contributed by atoms with Crippen LogP contribution in [0.25, 0.3) is 0 Å². The minimum atomic E-state index is -0.565. The third-order valence-corrected chi connectivity index (χ3v) is 6.65. The topological polar surface area (TPSA) is 139 Å². The minimum absolute atomic E-state index is 0.126. The number of β-lactam (4-membered cyclic amide) rings is 1. The number of fused-ring (bicyclic) bond motifs is 1. The third-order valence-electron chi connectivity index (χ3n) is 5.08. The summed E-state index contributed by atoms with van der Waals surface area (Å²) < 4.78 is 5.31. The molecule has 4 rings (SSSR count). The highest BCUT2D eigenvalue weighted by Gasteiger charge is 2.63. The predicted molar refractivity (Wildman–Crippen MR) is 106 cm³/mol. The number of aromatic amines is 1. The van der Waals surface area contributed by atoms with Crippen molar-refractivity contribution in [3.63, 3.8) is 0 Å². The van der Waals surface area contributed by atoms with Gasteiger partial charge in [0.05, 0.1) is 6.42 Å². The summed E-state index contributed by atoms with van der Waals surface area (Å²) >= 11 is 1.63. The van der Waals surface area contributed by atoms with E-state index in [0.29, 0.717) is 24.7 Å². The van der Waals surface area contributed by atoms with Gasteiger partial charge in [0.15, 0.2) is 5.82 Å². The monoisotopic (exact) mass is 417 g/mol. The lowest BCUT2D eigenvalue weighted by Crippen LogP contribution is -2.68. The van der Waals surface area contributed by atoms with E-state index >= 15 is 0 Å². The zero-order chi connectivity index (χ0) is 20.6. The van der Waals surface area contributed by atoms with E-state index < -0.39 is 6.04 Å². The molecule has 1 aromatic heterocycles. The van der Waals surface area contributed by atoms with E-state index in [-0.39, 0.29) is 34.4 Å². The molecule has 2 saturated heterocycles. The lowest BCUT2D eigenvalue weighted by molar-refractivity contribution is -0.151. The number of aromatic nitrogens is 4. The van der Waals surface area contributed by atoms with E-state index in [4.69, 9.17) is 10.5 Å². The molecule has 0 bridgehead atoms. The quantitative estimate of drug-likeness (QED) is 0.535. The Hall–Kier alpha value is -2.66. The van der Waals surface area contributed by atoms with Crippen LogP contribution >= 0.6 is 11.8 Å². The van der Waals surface area contributed by atoms with Crippen LogP contribution in [0.5, 0.6) is 5.75 Å². The number of carbonyl (C=O) groups is 2. The molecule has 2 fully saturated rings. The summed E-state index contributed by atoms with van der Waals surface area (Å²) in [6, 6.07) is 6.50. The lowest BCUT2D eigenvalue weighted by Gasteiger charge is -2.44. The molecule has 0 radical (unpaired) electrons. The summed E-state index contributed by atoms with van der Waals surface area (Å²) in [6.07, 6.45) is 0.126. The van der Waals surface area contributed by atoms with Crippen LogP contribution in [-0.4, -0.2) is 66.7 Å². The number of benzene rings is 1. The lowest BCUT2D eigenvalue weighted by atomic mass is 9.95. The number of rotatable bonds is 7. The first kappa shape index (κ1) is 19.6. The van der Waals surface area contributed by atoms with Crippen molar-refractivity contribution >= 4 is 23.6 Å². The number of tetrazole rings is 1. The van der Waals surface area contributed by atoms with Crippen molar-refractivity contribution in [1.29, 1.82) is 0 Å². The molecule has 2 amide bonds. The van der Waals surface area contributed by atoms with Gasteiger partial charge in [0.1, 0.15) is 29.8 Å². The van der Waals surface area contributed by atoms with Crippen LogP contribution in [-0.2, 0) is 16.0 Å². The zero-order valence-corrected chi connectivity index (χ0v) is 17.0. The second kappa shape index (κ2) is 7.64. The molecule has 3 unspecified atom stereocenters. The van der Waals surface area contributed by atoms with Crippen molar-refractivity contribution in [2.75, 3.05) is 13.2 Å². The fourth-order valence-electron chi connectivity index (χ4n) is 3.83. The number of nitrogens with one attached hydrogen (secondary N) is 2. The van der Waals surface area contributed by atoms with Crippen LogP contribution < -0.4 is 15.8 Å². The second-order valence-corrected chi connectivity index (χ2v) is 9.28. The number of carbonyl (C=O) groups excluding carboxylic acids is 2. The van der Waals surface area contributed by atoms with Crippen LogP contribution in [0.2, 0.25) is 0 Å². The largest absolute Gasteiger partial charge is 0.492 e. The zero-order valence-electron chi connectivity index (χ0n) is 16.2. The first-order valence-electron chi connectivity index (χ1n) is 9.36. The van der Waals surface area contributed by atoms with Gasteiger partial charge in [-0.15, -0.1) is 16.9 Å². The van der Waals surface area contributed by atoms with Gasteiger partial charge in [-0.25, -0.2) is 5.10 Å². The predicted octanol–water partition coefficient (Wildman–Crippen LogP) is -0.000500.